The predicted molar refractivity (Wildman–Crippen MR) is 254 cm³/mol. The molecular weight excluding hydrogens is 806 g/mol. The van der Waals surface area contributed by atoms with E-state index in [1.54, 1.807) is 18.2 Å². The third kappa shape index (κ3) is 43.2. The summed E-state index contributed by atoms with van der Waals surface area (Å²) in [6.07, 6.45) is 47.8. The van der Waals surface area contributed by atoms with Gasteiger partial charge in [0.15, 0.2) is 6.10 Å². The first kappa shape index (κ1) is 58.6. The summed E-state index contributed by atoms with van der Waals surface area (Å²) in [6, 6.07) is 0. The minimum absolute atomic E-state index is 0.0192. The normalized spacial score (nSPS) is 15.5. The smallest absolute Gasteiger partial charge is 0.462 e. The Morgan fingerprint density at radius 2 is 1.13 bits per heavy atom. The van der Waals surface area contributed by atoms with Crippen molar-refractivity contribution in [3.05, 3.63) is 109 Å². The largest absolute Gasteiger partial charge is 0.472 e. The molecule has 4 atom stereocenters. The fraction of sp³-hybridized carbons (Fsp3) is 0.600. The van der Waals surface area contributed by atoms with Crippen molar-refractivity contribution in [1.29, 1.82) is 0 Å². The fourth-order valence-corrected chi connectivity index (χ4v) is 6.11. The summed E-state index contributed by atoms with van der Waals surface area (Å²) in [5.41, 5.74) is 0. The zero-order valence-electron chi connectivity index (χ0n) is 38.8. The number of allylic oxidation sites excluding steroid dienone is 16. The topological polar surface area (TPSA) is 149 Å². The second kappa shape index (κ2) is 40.4. The van der Waals surface area contributed by atoms with Crippen LogP contribution in [0.1, 0.15) is 129 Å². The number of nitrogens with zero attached hydrogens (tertiary/aromatic N) is 1. The molecule has 0 heterocycles. The first-order chi connectivity index (χ1) is 29.8. The second-order valence-electron chi connectivity index (χ2n) is 16.1. The highest BCUT2D eigenvalue weighted by atomic mass is 31.2. The molecule has 1 unspecified atom stereocenters. The summed E-state index contributed by atoms with van der Waals surface area (Å²) in [5.74, 6) is -1.08. The molecule has 0 aromatic rings. The van der Waals surface area contributed by atoms with Crippen molar-refractivity contribution in [3.63, 3.8) is 0 Å². The molecule has 0 bridgehead atoms. The number of ether oxygens (including phenoxy) is 2. The number of carbonyl (C=O) groups is 2. The number of quaternary nitrogens is 1. The van der Waals surface area contributed by atoms with Crippen LogP contribution < -0.4 is 0 Å². The summed E-state index contributed by atoms with van der Waals surface area (Å²) in [5, 5.41) is 20.2. The molecule has 12 heteroatoms. The molecule has 0 spiro atoms. The van der Waals surface area contributed by atoms with Gasteiger partial charge in [0.1, 0.15) is 19.8 Å². The van der Waals surface area contributed by atoms with E-state index in [9.17, 15) is 29.3 Å². The van der Waals surface area contributed by atoms with E-state index in [2.05, 4.69) is 74.6 Å². The Morgan fingerprint density at radius 3 is 1.69 bits per heavy atom. The SMILES string of the molecule is CC/C=C\C/C=C\C/C=C\C/C=C\C/C=C\CCCCCC(=O)O[C@H](COC(=O)CCC[C@@H](O)/C=C/C=C\C/C=C\C=C\[C@@H](O)CCCCC)COP(=O)(O)OCC[N+](C)(C)C. The maximum Gasteiger partial charge on any atom is 0.472 e. The van der Waals surface area contributed by atoms with E-state index in [1.165, 1.54) is 0 Å². The summed E-state index contributed by atoms with van der Waals surface area (Å²) in [6.45, 7) is 3.87. The zero-order valence-corrected chi connectivity index (χ0v) is 39.7. The van der Waals surface area contributed by atoms with E-state index >= 15 is 0 Å². The van der Waals surface area contributed by atoms with Gasteiger partial charge in [-0.05, 0) is 77.0 Å². The summed E-state index contributed by atoms with van der Waals surface area (Å²) in [4.78, 5) is 35.4. The van der Waals surface area contributed by atoms with Crippen LogP contribution in [0, 0.1) is 0 Å². The molecule has 0 aliphatic heterocycles. The molecule has 0 saturated carbocycles. The Kier molecular flexibility index (Phi) is 38.1. The molecule has 0 radical (unpaired) electrons. The Bertz CT molecular complexity index is 1450. The van der Waals surface area contributed by atoms with E-state index in [4.69, 9.17) is 18.5 Å². The Hall–Kier alpha value is -3.41. The van der Waals surface area contributed by atoms with Crippen molar-refractivity contribution in [3.8, 4) is 0 Å². The van der Waals surface area contributed by atoms with Crippen molar-refractivity contribution >= 4 is 19.8 Å². The maximum absolute atomic E-state index is 12.7. The van der Waals surface area contributed by atoms with Crippen molar-refractivity contribution in [2.75, 3.05) is 47.5 Å². The minimum Gasteiger partial charge on any atom is -0.462 e. The molecular formula is C50H83NO10P+. The Balaban J connectivity index is 4.66. The Labute approximate surface area is 375 Å². The van der Waals surface area contributed by atoms with Crippen LogP contribution in [0.25, 0.3) is 0 Å². The number of rotatable bonds is 39. The molecule has 62 heavy (non-hydrogen) atoms. The monoisotopic (exact) mass is 889 g/mol. The van der Waals surface area contributed by atoms with Gasteiger partial charge in [0.05, 0.1) is 40.0 Å². The number of unbranched alkanes of at least 4 members (excludes halogenated alkanes) is 5. The van der Waals surface area contributed by atoms with E-state index < -0.39 is 44.7 Å². The average Bonchev–Trinajstić information content (AvgIpc) is 3.21. The predicted octanol–water partition coefficient (Wildman–Crippen LogP) is 11.1. The van der Waals surface area contributed by atoms with Crippen LogP contribution >= 0.6 is 7.82 Å². The number of carbonyl (C=O) groups excluding carboxylic acids is 2. The Morgan fingerprint density at radius 1 is 0.597 bits per heavy atom. The van der Waals surface area contributed by atoms with Gasteiger partial charge >= 0.3 is 19.8 Å². The van der Waals surface area contributed by atoms with Gasteiger partial charge in [0, 0.05) is 12.8 Å². The van der Waals surface area contributed by atoms with Gasteiger partial charge in [0.25, 0.3) is 0 Å². The van der Waals surface area contributed by atoms with Crippen molar-refractivity contribution in [1.82, 2.24) is 0 Å². The molecule has 0 aromatic carbocycles. The molecule has 11 nitrogen and oxygen atoms in total. The highest BCUT2D eigenvalue weighted by Crippen LogP contribution is 2.43. The van der Waals surface area contributed by atoms with Gasteiger partial charge in [-0.1, -0.05) is 149 Å². The van der Waals surface area contributed by atoms with Gasteiger partial charge in [-0.3, -0.25) is 18.6 Å². The lowest BCUT2D eigenvalue weighted by atomic mass is 10.1. The van der Waals surface area contributed by atoms with Crippen LogP contribution in [-0.2, 0) is 32.7 Å². The van der Waals surface area contributed by atoms with Crippen LogP contribution in [0.5, 0.6) is 0 Å². The second-order valence-corrected chi connectivity index (χ2v) is 17.6. The summed E-state index contributed by atoms with van der Waals surface area (Å²) >= 11 is 0. The summed E-state index contributed by atoms with van der Waals surface area (Å²) < 4.78 is 34.1. The van der Waals surface area contributed by atoms with Gasteiger partial charge in [0.2, 0.25) is 0 Å². The molecule has 3 N–H and O–H groups in total. The highest BCUT2D eigenvalue weighted by Gasteiger charge is 2.27. The lowest BCUT2D eigenvalue weighted by molar-refractivity contribution is -0.870. The standard InChI is InChI=1S/C50H82NO10P/c1-6-8-10-11-12-13-14-15-16-17-18-19-20-21-22-23-27-30-34-40-50(55)61-48(45-60-62(56,57)59-43-42-51(3,4)5)44-58-49(54)41-35-39-47(53)38-33-29-26-24-25-28-32-37-46(52)36-31-9-7-2/h8,10,12-13,15-16,18-19,21-22,25-26,28-29,32-33,37-38,46-48,52-53H,6-7,9,11,14,17,20,23-24,27,30-31,34-36,39-45H2,1-5H3/p+1/b10-8-,13-12-,16-15-,19-18-,22-21-,28-25-,29-26-,37-32+,38-33+/t46-,47-,48+/m0/s1. The fourth-order valence-electron chi connectivity index (χ4n) is 5.37. The number of hydrogen-bond acceptors (Lipinski definition) is 9. The van der Waals surface area contributed by atoms with Gasteiger partial charge in [-0.25, -0.2) is 4.57 Å². The van der Waals surface area contributed by atoms with Crippen LogP contribution in [-0.4, -0.2) is 97.3 Å². The molecule has 0 saturated heterocycles. The van der Waals surface area contributed by atoms with Gasteiger partial charge in [-0.2, -0.15) is 0 Å². The van der Waals surface area contributed by atoms with Crippen LogP contribution in [0.3, 0.4) is 0 Å². The average molecular weight is 889 g/mol. The van der Waals surface area contributed by atoms with E-state index in [-0.39, 0.29) is 26.1 Å². The third-order valence-electron chi connectivity index (χ3n) is 9.00. The molecule has 0 aliphatic rings. The van der Waals surface area contributed by atoms with E-state index in [0.717, 1.165) is 77.0 Å². The van der Waals surface area contributed by atoms with Crippen LogP contribution in [0.4, 0.5) is 0 Å². The van der Waals surface area contributed by atoms with Crippen LogP contribution in [0.15, 0.2) is 109 Å². The number of hydrogen-bond donors (Lipinski definition) is 3. The summed E-state index contributed by atoms with van der Waals surface area (Å²) in [7, 11) is 1.30. The molecule has 352 valence electrons. The van der Waals surface area contributed by atoms with Crippen LogP contribution in [0.2, 0.25) is 0 Å². The lowest BCUT2D eigenvalue weighted by Gasteiger charge is -2.24. The van der Waals surface area contributed by atoms with Gasteiger partial charge in [-0.15, -0.1) is 0 Å². The molecule has 0 amide bonds. The van der Waals surface area contributed by atoms with Crippen molar-refractivity contribution < 1.29 is 52.3 Å². The first-order valence-electron chi connectivity index (χ1n) is 22.8. The van der Waals surface area contributed by atoms with E-state index in [1.807, 2.05) is 51.5 Å². The number of esters is 2. The number of aliphatic hydroxyl groups is 2. The third-order valence-corrected chi connectivity index (χ3v) is 9.98. The lowest BCUT2D eigenvalue weighted by Crippen LogP contribution is -2.37. The number of aliphatic hydroxyl groups excluding tert-OH is 2. The highest BCUT2D eigenvalue weighted by molar-refractivity contribution is 7.47. The van der Waals surface area contributed by atoms with Crippen molar-refractivity contribution in [2.45, 2.75) is 148 Å². The molecule has 0 rings (SSSR count). The van der Waals surface area contributed by atoms with E-state index in [0.29, 0.717) is 36.7 Å². The number of phosphoric acid groups is 1. The number of likely N-dealkylation sites (N-methyl/N-ethyl adjacent to an activating group) is 1. The van der Waals surface area contributed by atoms with Gasteiger partial charge < -0.3 is 29.1 Å². The first-order valence-corrected chi connectivity index (χ1v) is 24.3. The maximum atomic E-state index is 12.7. The number of phosphoric ester groups is 1. The molecule has 0 fully saturated rings. The quantitative estimate of drug-likeness (QED) is 0.0136. The minimum atomic E-state index is -4.45. The molecule has 0 aliphatic carbocycles. The van der Waals surface area contributed by atoms with Crippen molar-refractivity contribution in [2.24, 2.45) is 0 Å². The zero-order chi connectivity index (χ0) is 46.0. The molecule has 0 aromatic heterocycles.